The zero-order valence-corrected chi connectivity index (χ0v) is 29.7. The van der Waals surface area contributed by atoms with E-state index in [0.717, 1.165) is 0 Å². The van der Waals surface area contributed by atoms with E-state index in [1.807, 2.05) is 13.8 Å². The third-order valence-corrected chi connectivity index (χ3v) is 13.0. The van der Waals surface area contributed by atoms with Gasteiger partial charge in [0.25, 0.3) is 11.8 Å². The Balaban J connectivity index is 0.987. The number of amides is 2. The van der Waals surface area contributed by atoms with Gasteiger partial charge in [0.05, 0.1) is 11.1 Å². The Morgan fingerprint density at radius 3 is 1.42 bits per heavy atom. The van der Waals surface area contributed by atoms with Crippen molar-refractivity contribution < 1.29 is 74.4 Å². The predicted molar refractivity (Wildman–Crippen MR) is 165 cm³/mol. The van der Waals surface area contributed by atoms with Crippen LogP contribution in [0, 0.1) is 35.5 Å². The molecular weight excluding hydrogens is 722 g/mol. The van der Waals surface area contributed by atoms with Gasteiger partial charge < -0.3 is 29.6 Å². The maximum Gasteiger partial charge on any atom is 0.449 e. The number of fused-ring (bicyclic) bond motifs is 4. The van der Waals surface area contributed by atoms with Gasteiger partial charge in [0, 0.05) is 49.6 Å². The lowest BCUT2D eigenvalue weighted by atomic mass is 9.59. The lowest BCUT2D eigenvalue weighted by molar-refractivity contribution is -0.557. The highest BCUT2D eigenvalue weighted by Crippen LogP contribution is 2.63. The summed E-state index contributed by atoms with van der Waals surface area (Å²) in [5.41, 5.74) is -4.23. The van der Waals surface area contributed by atoms with Gasteiger partial charge in [-0.3, -0.25) is 9.59 Å². The average Bonchev–Trinajstić information content (AvgIpc) is 3.46. The van der Waals surface area contributed by atoms with Crippen LogP contribution < -0.4 is 10.6 Å². The minimum absolute atomic E-state index is 0.0220. The Bertz CT molecular complexity index is 1490. The van der Waals surface area contributed by atoms with Gasteiger partial charge in [-0.1, -0.05) is 13.8 Å². The molecule has 10 aliphatic rings. The van der Waals surface area contributed by atoms with Gasteiger partial charge in [0.15, 0.2) is 11.2 Å². The van der Waals surface area contributed by atoms with Crippen molar-refractivity contribution in [2.24, 2.45) is 35.5 Å². The first kappa shape index (κ1) is 37.3. The van der Waals surface area contributed by atoms with Gasteiger partial charge in [-0.05, 0) is 70.6 Å². The molecule has 2 saturated carbocycles. The summed E-state index contributed by atoms with van der Waals surface area (Å²) >= 11 is 0. The summed E-state index contributed by atoms with van der Waals surface area (Å²) in [7, 11) is 0. The number of nitrogens with one attached hydrogen (secondary N) is 2. The van der Waals surface area contributed by atoms with Crippen LogP contribution in [-0.2, 0) is 48.1 Å². The van der Waals surface area contributed by atoms with E-state index in [2.05, 4.69) is 10.6 Å². The molecule has 2 amide bonds. The second-order valence-corrected chi connectivity index (χ2v) is 16.3. The number of allylic oxidation sites excluding steroid dienone is 2. The molecular formula is C35H44F6N2O10. The summed E-state index contributed by atoms with van der Waals surface area (Å²) in [5, 5.41) is 5.00. The molecule has 8 heterocycles. The van der Waals surface area contributed by atoms with Crippen molar-refractivity contribution in [3.8, 4) is 0 Å². The normalized spacial score (nSPS) is 44.6. The van der Waals surface area contributed by atoms with Crippen LogP contribution in [-0.4, -0.2) is 72.6 Å². The van der Waals surface area contributed by atoms with Gasteiger partial charge in [0.2, 0.25) is 35.7 Å². The second kappa shape index (κ2) is 12.4. The molecule has 10 rings (SSSR count). The van der Waals surface area contributed by atoms with Crippen molar-refractivity contribution >= 4 is 11.8 Å². The predicted octanol–water partition coefficient (Wildman–Crippen LogP) is 5.73. The monoisotopic (exact) mass is 766 g/mol. The van der Waals surface area contributed by atoms with Crippen LogP contribution in [0.3, 0.4) is 0 Å². The Kier molecular flexibility index (Phi) is 8.75. The molecule has 0 aromatic rings. The van der Waals surface area contributed by atoms with E-state index in [4.69, 9.17) is 38.5 Å². The molecule has 0 radical (unpaired) electrons. The van der Waals surface area contributed by atoms with Crippen LogP contribution in [0.4, 0.5) is 26.3 Å². The number of halogens is 6. The fraction of sp³-hybridized carbons (Fsp3) is 0.829. The smallest absolute Gasteiger partial charge is 0.449 e. The van der Waals surface area contributed by atoms with E-state index in [1.54, 1.807) is 13.8 Å². The molecule has 53 heavy (non-hydrogen) atoms. The number of hydrogen-bond donors (Lipinski definition) is 2. The molecule has 0 aromatic heterocycles. The summed E-state index contributed by atoms with van der Waals surface area (Å²) in [6.45, 7) is 6.65. The van der Waals surface area contributed by atoms with Gasteiger partial charge in [-0.2, -0.15) is 26.3 Å². The van der Waals surface area contributed by atoms with E-state index < -0.39 is 94.0 Å². The first-order valence-electron chi connectivity index (χ1n) is 18.4. The number of hydrogen-bond acceptors (Lipinski definition) is 10. The van der Waals surface area contributed by atoms with Crippen molar-refractivity contribution in [3.05, 3.63) is 22.7 Å². The molecule has 4 bridgehead atoms. The molecule has 12 nitrogen and oxygen atoms in total. The highest BCUT2D eigenvalue weighted by Gasteiger charge is 2.72. The van der Waals surface area contributed by atoms with Gasteiger partial charge in [-0.15, -0.1) is 0 Å². The van der Waals surface area contributed by atoms with Crippen LogP contribution in [0.1, 0.15) is 85.5 Å². The van der Waals surface area contributed by atoms with Gasteiger partial charge >= 0.3 is 12.4 Å². The topological polar surface area (TPSA) is 132 Å². The molecule has 8 aliphatic heterocycles. The third kappa shape index (κ3) is 5.70. The van der Waals surface area contributed by atoms with Crippen LogP contribution in [0.25, 0.3) is 0 Å². The molecule has 8 fully saturated rings. The van der Waals surface area contributed by atoms with Crippen LogP contribution in [0.2, 0.25) is 0 Å². The quantitative estimate of drug-likeness (QED) is 0.196. The van der Waals surface area contributed by atoms with Crippen molar-refractivity contribution in [2.45, 2.75) is 133 Å². The van der Waals surface area contributed by atoms with Crippen molar-refractivity contribution in [3.63, 3.8) is 0 Å². The van der Waals surface area contributed by atoms with Crippen LogP contribution >= 0.6 is 0 Å². The first-order valence-corrected chi connectivity index (χ1v) is 18.4. The first-order chi connectivity index (χ1) is 24.8. The molecule has 2 spiro atoms. The van der Waals surface area contributed by atoms with Gasteiger partial charge in [0.1, 0.15) is 0 Å². The van der Waals surface area contributed by atoms with E-state index >= 15 is 0 Å². The fourth-order valence-corrected chi connectivity index (χ4v) is 10.4. The number of ether oxygens (including phenoxy) is 4. The highest BCUT2D eigenvalue weighted by molar-refractivity contribution is 5.96. The number of alkyl halides is 6. The van der Waals surface area contributed by atoms with E-state index in [-0.39, 0.29) is 56.0 Å². The zero-order chi connectivity index (χ0) is 37.9. The fourth-order valence-electron chi connectivity index (χ4n) is 10.4. The average molecular weight is 767 g/mol. The zero-order valence-electron chi connectivity index (χ0n) is 29.7. The Morgan fingerprint density at radius 1 is 0.642 bits per heavy atom. The third-order valence-electron chi connectivity index (χ3n) is 13.0. The summed E-state index contributed by atoms with van der Waals surface area (Å²) < 4.78 is 110. The highest BCUT2D eigenvalue weighted by atomic mass is 19.4. The Labute approximate surface area is 301 Å². The number of carbonyl (C=O) groups is 2. The molecule has 2 unspecified atom stereocenters. The number of rotatable bonds is 6. The number of carbonyl (C=O) groups excluding carboxylic acids is 2. The van der Waals surface area contributed by atoms with Crippen LogP contribution in [0.15, 0.2) is 22.7 Å². The molecule has 0 aromatic carbocycles. The standard InChI is InChI=1S/C35H44F6N2O10/c1-16-6-8-20-22(24(34(36,37)38)46-28-32(20)18(16)10-12-30(3,48-28)50-52-32)26(44)42-14-5-15-43-27(45)23-21-9-7-17(2)19-11-13-31(4)49-29(33(19,21)53-51-31)47-25(23)35(39,40)41/h16-21,28-29H,5-15H2,1-4H3,(H,42,44)(H,43,45)/t16-,17-,18?,19?,20+,21+,28-,29-,30+,31+,32-,33-/m1/s1. The minimum atomic E-state index is -5.04. The molecule has 6 saturated heterocycles. The summed E-state index contributed by atoms with van der Waals surface area (Å²) in [6.07, 6.45) is -9.83. The largest absolute Gasteiger partial charge is 0.456 e. The van der Waals surface area contributed by atoms with Crippen molar-refractivity contribution in [2.75, 3.05) is 13.1 Å². The summed E-state index contributed by atoms with van der Waals surface area (Å²) in [4.78, 5) is 50.4. The second-order valence-electron chi connectivity index (χ2n) is 16.3. The van der Waals surface area contributed by atoms with E-state index in [9.17, 15) is 35.9 Å². The molecule has 296 valence electrons. The lowest BCUT2D eigenvalue weighted by Crippen LogP contribution is -2.68. The van der Waals surface area contributed by atoms with Crippen LogP contribution in [0.5, 0.6) is 0 Å². The molecule has 18 heteroatoms. The van der Waals surface area contributed by atoms with E-state index in [0.29, 0.717) is 38.5 Å². The summed E-state index contributed by atoms with van der Waals surface area (Å²) in [6, 6.07) is 0. The molecule has 2 aliphatic carbocycles. The Hall–Kier alpha value is -2.64. The molecule has 2 N–H and O–H groups in total. The van der Waals surface area contributed by atoms with Crippen molar-refractivity contribution in [1.29, 1.82) is 0 Å². The maximum absolute atomic E-state index is 14.5. The van der Waals surface area contributed by atoms with Gasteiger partial charge in [-0.25, -0.2) is 19.6 Å². The minimum Gasteiger partial charge on any atom is -0.456 e. The SMILES string of the molecule is C[C@@H]1CC[C@H]2C(C(=O)NCCCNC(=O)C3=C(C(F)(F)F)O[C@@H]4O[C@]5(C)CCC6[C@H](C)CC[C@@H]3[C@]64OO5)=C(C(F)(F)F)O[C@@H]3O[C@]4(C)CCC1[C@]32OO4. The maximum atomic E-state index is 14.5. The van der Waals surface area contributed by atoms with Crippen molar-refractivity contribution in [1.82, 2.24) is 10.6 Å². The van der Waals surface area contributed by atoms with E-state index in [1.165, 1.54) is 0 Å². The molecule has 12 atom stereocenters. The lowest BCUT2D eigenvalue weighted by Gasteiger charge is -2.57. The summed E-state index contributed by atoms with van der Waals surface area (Å²) in [5.74, 6) is -10.4. The Morgan fingerprint density at radius 2 is 1.04 bits per heavy atom.